The second-order valence-electron chi connectivity index (χ2n) is 5.98. The molecular weight excluding hydrogens is 256 g/mol. The van der Waals surface area contributed by atoms with E-state index in [9.17, 15) is 9.90 Å². The maximum absolute atomic E-state index is 12.3. The van der Waals surface area contributed by atoms with Crippen molar-refractivity contribution in [1.29, 1.82) is 0 Å². The monoisotopic (exact) mass is 284 g/mol. The van der Waals surface area contributed by atoms with Gasteiger partial charge in [-0.2, -0.15) is 0 Å². The third-order valence-electron chi connectivity index (χ3n) is 4.24. The second kappa shape index (κ2) is 7.96. The number of hydrogen-bond acceptors (Lipinski definition) is 4. The van der Waals surface area contributed by atoms with Gasteiger partial charge in [-0.05, 0) is 32.1 Å². The van der Waals surface area contributed by atoms with Gasteiger partial charge in [0.2, 0.25) is 5.91 Å². The minimum atomic E-state index is -0.359. The lowest BCUT2D eigenvalue weighted by molar-refractivity contribution is -0.132. The van der Waals surface area contributed by atoms with E-state index in [2.05, 4.69) is 4.90 Å². The molecule has 5 heteroatoms. The van der Waals surface area contributed by atoms with Crippen LogP contribution in [0.4, 0.5) is 0 Å². The molecule has 2 aliphatic rings. The highest BCUT2D eigenvalue weighted by Crippen LogP contribution is 2.15. The van der Waals surface area contributed by atoms with Crippen LogP contribution in [0.15, 0.2) is 0 Å². The zero-order chi connectivity index (χ0) is 14.4. The van der Waals surface area contributed by atoms with Gasteiger partial charge in [0.15, 0.2) is 0 Å². The summed E-state index contributed by atoms with van der Waals surface area (Å²) in [5, 5.41) is 9.87. The molecule has 0 aromatic heterocycles. The molecule has 0 spiro atoms. The smallest absolute Gasteiger partial charge is 0.236 e. The summed E-state index contributed by atoms with van der Waals surface area (Å²) in [4.78, 5) is 16.3. The number of likely N-dealkylation sites (tertiary alicyclic amines) is 1. The predicted octanol–water partition coefficient (Wildman–Crippen LogP) is 0.861. The molecule has 1 amide bonds. The summed E-state index contributed by atoms with van der Waals surface area (Å²) >= 11 is 0. The quantitative estimate of drug-likeness (QED) is 0.753. The number of rotatable bonds is 7. The van der Waals surface area contributed by atoms with Crippen LogP contribution in [0, 0.1) is 0 Å². The summed E-state index contributed by atoms with van der Waals surface area (Å²) in [5.74, 6) is 0.198. The van der Waals surface area contributed by atoms with E-state index in [0.717, 1.165) is 58.3 Å². The number of aliphatic hydroxyl groups is 1. The number of carbonyl (C=O) groups excluding carboxylic acids is 1. The van der Waals surface area contributed by atoms with Crippen molar-refractivity contribution in [2.75, 3.05) is 39.3 Å². The average molecular weight is 284 g/mol. The Labute approximate surface area is 121 Å². The number of amides is 1. The van der Waals surface area contributed by atoms with Crippen LogP contribution in [-0.2, 0) is 9.53 Å². The minimum Gasteiger partial charge on any atom is -0.392 e. The first-order valence-corrected chi connectivity index (χ1v) is 7.99. The third-order valence-corrected chi connectivity index (χ3v) is 4.24. The standard InChI is InChI=1S/C15H28N2O3/c1-2-13(18)10-16(11-14-6-5-9-20-14)12-15(19)17-7-3-4-8-17/h13-14,18H,2-12H2,1H3/t13-,14?/m1/s1. The van der Waals surface area contributed by atoms with Crippen molar-refractivity contribution in [3.05, 3.63) is 0 Å². The van der Waals surface area contributed by atoms with Gasteiger partial charge in [-0.15, -0.1) is 0 Å². The molecule has 20 heavy (non-hydrogen) atoms. The van der Waals surface area contributed by atoms with Gasteiger partial charge in [0, 0.05) is 32.8 Å². The van der Waals surface area contributed by atoms with Crippen LogP contribution in [-0.4, -0.2) is 72.4 Å². The lowest BCUT2D eigenvalue weighted by Gasteiger charge is -2.28. The third kappa shape index (κ3) is 4.72. The first-order chi connectivity index (χ1) is 9.69. The number of aliphatic hydroxyl groups excluding tert-OH is 1. The molecule has 1 unspecified atom stereocenters. The van der Waals surface area contributed by atoms with Crippen LogP contribution in [0.25, 0.3) is 0 Å². The average Bonchev–Trinajstić information content (AvgIpc) is 3.11. The Balaban J connectivity index is 1.84. The molecule has 0 aromatic carbocycles. The Hall–Kier alpha value is -0.650. The van der Waals surface area contributed by atoms with Gasteiger partial charge in [0.1, 0.15) is 0 Å². The number of ether oxygens (including phenoxy) is 1. The number of carbonyl (C=O) groups is 1. The van der Waals surface area contributed by atoms with E-state index < -0.39 is 0 Å². The van der Waals surface area contributed by atoms with Crippen molar-refractivity contribution in [3.63, 3.8) is 0 Å². The molecule has 5 nitrogen and oxygen atoms in total. The van der Waals surface area contributed by atoms with Crippen molar-refractivity contribution >= 4 is 5.91 Å². The number of hydrogen-bond donors (Lipinski definition) is 1. The first kappa shape index (κ1) is 15.7. The summed E-state index contributed by atoms with van der Waals surface area (Å²) in [6, 6.07) is 0. The Morgan fingerprint density at radius 2 is 2.15 bits per heavy atom. The molecule has 1 N–H and O–H groups in total. The topological polar surface area (TPSA) is 53.0 Å². The molecule has 2 aliphatic heterocycles. The number of nitrogens with zero attached hydrogens (tertiary/aromatic N) is 2. The molecule has 116 valence electrons. The molecule has 0 aliphatic carbocycles. The van der Waals surface area contributed by atoms with E-state index in [0.29, 0.717) is 13.1 Å². The van der Waals surface area contributed by atoms with E-state index in [1.54, 1.807) is 0 Å². The van der Waals surface area contributed by atoms with Crippen LogP contribution in [0.3, 0.4) is 0 Å². The Kier molecular flexibility index (Phi) is 6.26. The molecule has 0 saturated carbocycles. The maximum atomic E-state index is 12.3. The molecule has 0 bridgehead atoms. The molecule has 0 aromatic rings. The van der Waals surface area contributed by atoms with E-state index in [1.165, 1.54) is 0 Å². The van der Waals surface area contributed by atoms with Crippen LogP contribution in [0.5, 0.6) is 0 Å². The van der Waals surface area contributed by atoms with Crippen molar-refractivity contribution < 1.29 is 14.6 Å². The van der Waals surface area contributed by atoms with Gasteiger partial charge >= 0.3 is 0 Å². The molecule has 2 saturated heterocycles. The predicted molar refractivity (Wildman–Crippen MR) is 77.5 cm³/mol. The summed E-state index contributed by atoms with van der Waals surface area (Å²) < 4.78 is 5.66. The molecule has 2 atom stereocenters. The van der Waals surface area contributed by atoms with Crippen molar-refractivity contribution in [1.82, 2.24) is 9.80 Å². The van der Waals surface area contributed by atoms with Gasteiger partial charge in [0.25, 0.3) is 0 Å². The normalized spacial score (nSPS) is 24.6. The van der Waals surface area contributed by atoms with Crippen molar-refractivity contribution in [3.8, 4) is 0 Å². The van der Waals surface area contributed by atoms with E-state index in [-0.39, 0.29) is 18.1 Å². The Morgan fingerprint density at radius 1 is 1.40 bits per heavy atom. The van der Waals surface area contributed by atoms with Crippen LogP contribution in [0.1, 0.15) is 39.0 Å². The first-order valence-electron chi connectivity index (χ1n) is 7.99. The molecular formula is C15H28N2O3. The van der Waals surface area contributed by atoms with E-state index in [1.807, 2.05) is 11.8 Å². The zero-order valence-electron chi connectivity index (χ0n) is 12.6. The fourth-order valence-corrected chi connectivity index (χ4v) is 2.96. The fourth-order valence-electron chi connectivity index (χ4n) is 2.96. The summed E-state index contributed by atoms with van der Waals surface area (Å²) in [7, 11) is 0. The fraction of sp³-hybridized carbons (Fsp3) is 0.933. The van der Waals surface area contributed by atoms with E-state index in [4.69, 9.17) is 4.74 Å². The van der Waals surface area contributed by atoms with Crippen LogP contribution < -0.4 is 0 Å². The van der Waals surface area contributed by atoms with Gasteiger partial charge in [-0.1, -0.05) is 6.92 Å². The lowest BCUT2D eigenvalue weighted by Crippen LogP contribution is -2.44. The van der Waals surface area contributed by atoms with Crippen molar-refractivity contribution in [2.24, 2.45) is 0 Å². The molecule has 0 radical (unpaired) electrons. The van der Waals surface area contributed by atoms with Crippen LogP contribution in [0.2, 0.25) is 0 Å². The second-order valence-corrected chi connectivity index (χ2v) is 5.98. The van der Waals surface area contributed by atoms with Crippen LogP contribution >= 0.6 is 0 Å². The van der Waals surface area contributed by atoms with E-state index >= 15 is 0 Å². The van der Waals surface area contributed by atoms with Gasteiger partial charge in [-0.3, -0.25) is 9.69 Å². The maximum Gasteiger partial charge on any atom is 0.236 e. The Bertz CT molecular complexity index is 299. The van der Waals surface area contributed by atoms with Crippen molar-refractivity contribution in [2.45, 2.75) is 51.2 Å². The zero-order valence-corrected chi connectivity index (χ0v) is 12.6. The van der Waals surface area contributed by atoms with Gasteiger partial charge < -0.3 is 14.7 Å². The highest BCUT2D eigenvalue weighted by atomic mass is 16.5. The highest BCUT2D eigenvalue weighted by molar-refractivity contribution is 5.78. The SMILES string of the molecule is CC[C@@H](O)CN(CC(=O)N1CCCC1)CC1CCCO1. The van der Waals surface area contributed by atoms with Gasteiger partial charge in [0.05, 0.1) is 18.8 Å². The summed E-state index contributed by atoms with van der Waals surface area (Å²) in [6.07, 6.45) is 5.00. The highest BCUT2D eigenvalue weighted by Gasteiger charge is 2.25. The lowest BCUT2D eigenvalue weighted by atomic mass is 10.2. The molecule has 2 heterocycles. The largest absolute Gasteiger partial charge is 0.392 e. The Morgan fingerprint density at radius 3 is 2.75 bits per heavy atom. The van der Waals surface area contributed by atoms with Gasteiger partial charge in [-0.25, -0.2) is 0 Å². The molecule has 2 rings (SSSR count). The summed E-state index contributed by atoms with van der Waals surface area (Å²) in [6.45, 7) is 6.32. The molecule has 2 fully saturated rings. The minimum absolute atomic E-state index is 0.198. The summed E-state index contributed by atoms with van der Waals surface area (Å²) in [5.41, 5.74) is 0.